The van der Waals surface area contributed by atoms with E-state index in [1.165, 1.54) is 0 Å². The Morgan fingerprint density at radius 2 is 1.75 bits per heavy atom. The summed E-state index contributed by atoms with van der Waals surface area (Å²) in [6.45, 7) is 5.19. The summed E-state index contributed by atoms with van der Waals surface area (Å²) in [6.07, 6.45) is 2.70. The molecule has 0 unspecified atom stereocenters. The standard InChI is InChI=1S/C22H30N2O4/c1-16(25)24-13-18-12-23(11-10-21(18,14-24)15-27-2)20(26)22(8-9-22)17-4-6-19(28-3)7-5-17/h4-7,18H,8-15H2,1-3H3/t18-,21+/m1/s1. The van der Waals surface area contributed by atoms with Crippen LogP contribution in [0.5, 0.6) is 5.75 Å². The molecular weight excluding hydrogens is 356 g/mol. The van der Waals surface area contributed by atoms with Gasteiger partial charge < -0.3 is 19.3 Å². The summed E-state index contributed by atoms with van der Waals surface area (Å²) < 4.78 is 10.8. The molecule has 2 aliphatic heterocycles. The summed E-state index contributed by atoms with van der Waals surface area (Å²) >= 11 is 0. The number of carbonyl (C=O) groups excluding carboxylic acids is 2. The van der Waals surface area contributed by atoms with Gasteiger partial charge in [0.1, 0.15) is 5.75 Å². The second-order valence-electron chi connectivity index (χ2n) is 8.70. The van der Waals surface area contributed by atoms with E-state index in [1.54, 1.807) is 21.1 Å². The first kappa shape index (κ1) is 19.2. The summed E-state index contributed by atoms with van der Waals surface area (Å²) in [7, 11) is 3.38. The molecule has 0 radical (unpaired) electrons. The molecule has 1 aromatic carbocycles. The summed E-state index contributed by atoms with van der Waals surface area (Å²) in [5, 5.41) is 0. The molecule has 152 valence electrons. The second-order valence-corrected chi connectivity index (χ2v) is 8.70. The third kappa shape index (κ3) is 3.08. The van der Waals surface area contributed by atoms with E-state index in [-0.39, 0.29) is 28.6 Å². The number of fused-ring (bicyclic) bond motifs is 1. The fourth-order valence-corrected chi connectivity index (χ4v) is 5.19. The number of hydrogen-bond donors (Lipinski definition) is 0. The number of nitrogens with zero attached hydrogens (tertiary/aromatic N) is 2. The zero-order chi connectivity index (χ0) is 19.9. The van der Waals surface area contributed by atoms with Crippen LogP contribution in [-0.4, -0.2) is 68.6 Å². The van der Waals surface area contributed by atoms with Gasteiger partial charge in [0.05, 0.1) is 19.1 Å². The van der Waals surface area contributed by atoms with E-state index < -0.39 is 0 Å². The number of methoxy groups -OCH3 is 2. The van der Waals surface area contributed by atoms with Gasteiger partial charge in [-0.1, -0.05) is 12.1 Å². The minimum atomic E-state index is -0.369. The van der Waals surface area contributed by atoms with Crippen molar-refractivity contribution < 1.29 is 19.1 Å². The van der Waals surface area contributed by atoms with Crippen LogP contribution in [0.25, 0.3) is 0 Å². The SMILES string of the molecule is COC[C@@]12CCN(C(=O)C3(c4ccc(OC)cc4)CC3)C[C@@H]1CN(C(C)=O)C2. The van der Waals surface area contributed by atoms with Crippen LogP contribution in [0.1, 0.15) is 31.7 Å². The Morgan fingerprint density at radius 3 is 2.32 bits per heavy atom. The van der Waals surface area contributed by atoms with E-state index in [9.17, 15) is 9.59 Å². The fourth-order valence-electron chi connectivity index (χ4n) is 5.19. The minimum absolute atomic E-state index is 0.0198. The zero-order valence-electron chi connectivity index (χ0n) is 17.1. The first-order valence-electron chi connectivity index (χ1n) is 10.1. The highest BCUT2D eigenvalue weighted by Gasteiger charge is 2.56. The Kier molecular flexibility index (Phi) is 4.86. The first-order valence-corrected chi connectivity index (χ1v) is 10.1. The summed E-state index contributed by atoms with van der Waals surface area (Å²) in [5.74, 6) is 1.44. The van der Waals surface area contributed by atoms with Gasteiger partial charge in [-0.15, -0.1) is 0 Å². The molecule has 3 fully saturated rings. The summed E-state index contributed by atoms with van der Waals surface area (Å²) in [6, 6.07) is 7.92. The maximum Gasteiger partial charge on any atom is 0.233 e. The monoisotopic (exact) mass is 386 g/mol. The van der Waals surface area contributed by atoms with Gasteiger partial charge in [0.25, 0.3) is 0 Å². The molecule has 0 aromatic heterocycles. The Labute approximate surface area is 166 Å². The Hall–Kier alpha value is -2.08. The number of hydrogen-bond acceptors (Lipinski definition) is 4. The van der Waals surface area contributed by atoms with Crippen LogP contribution in [0.4, 0.5) is 0 Å². The topological polar surface area (TPSA) is 59.1 Å². The lowest BCUT2D eigenvalue weighted by molar-refractivity contribution is -0.138. The molecule has 0 N–H and O–H groups in total. The molecule has 6 nitrogen and oxygen atoms in total. The van der Waals surface area contributed by atoms with Crippen molar-refractivity contribution in [3.63, 3.8) is 0 Å². The normalized spacial score (nSPS) is 28.0. The van der Waals surface area contributed by atoms with Crippen LogP contribution in [-0.2, 0) is 19.7 Å². The van der Waals surface area contributed by atoms with Crippen LogP contribution >= 0.6 is 0 Å². The Balaban J connectivity index is 1.51. The van der Waals surface area contributed by atoms with Gasteiger partial charge >= 0.3 is 0 Å². The number of ether oxygens (including phenoxy) is 2. The molecule has 0 spiro atoms. The lowest BCUT2D eigenvalue weighted by Crippen LogP contribution is -2.53. The lowest BCUT2D eigenvalue weighted by atomic mass is 9.73. The molecule has 1 aliphatic carbocycles. The maximum absolute atomic E-state index is 13.5. The third-order valence-corrected chi connectivity index (χ3v) is 7.10. The number of rotatable bonds is 5. The first-order chi connectivity index (χ1) is 13.4. The van der Waals surface area contributed by atoms with Crippen molar-refractivity contribution in [1.82, 2.24) is 9.80 Å². The molecule has 2 atom stereocenters. The van der Waals surface area contributed by atoms with Gasteiger partial charge in [0, 0.05) is 51.5 Å². The van der Waals surface area contributed by atoms with E-state index in [4.69, 9.17) is 9.47 Å². The largest absolute Gasteiger partial charge is 0.497 e. The molecule has 4 rings (SSSR count). The number of carbonyl (C=O) groups is 2. The molecule has 3 aliphatic rings. The van der Waals surface area contributed by atoms with Crippen molar-refractivity contribution in [2.45, 2.75) is 31.6 Å². The van der Waals surface area contributed by atoms with Crippen LogP contribution in [0.15, 0.2) is 24.3 Å². The molecule has 1 aromatic rings. The number of likely N-dealkylation sites (tertiary alicyclic amines) is 2. The highest BCUT2D eigenvalue weighted by Crippen LogP contribution is 2.51. The van der Waals surface area contributed by atoms with Gasteiger partial charge in [0.15, 0.2) is 0 Å². The smallest absolute Gasteiger partial charge is 0.233 e. The average molecular weight is 386 g/mol. The predicted octanol–water partition coefficient (Wildman–Crippen LogP) is 2.07. The highest BCUT2D eigenvalue weighted by molar-refractivity contribution is 5.91. The molecule has 6 heteroatoms. The average Bonchev–Trinajstić information content (AvgIpc) is 3.42. The third-order valence-electron chi connectivity index (χ3n) is 7.10. The molecule has 0 bridgehead atoms. The summed E-state index contributed by atoms with van der Waals surface area (Å²) in [5.41, 5.74) is 0.698. The quantitative estimate of drug-likeness (QED) is 0.777. The lowest BCUT2D eigenvalue weighted by Gasteiger charge is -2.44. The van der Waals surface area contributed by atoms with Crippen molar-refractivity contribution in [3.8, 4) is 5.75 Å². The molecule has 2 amide bonds. The van der Waals surface area contributed by atoms with Crippen LogP contribution in [0.3, 0.4) is 0 Å². The van der Waals surface area contributed by atoms with Crippen molar-refractivity contribution in [2.24, 2.45) is 11.3 Å². The second kappa shape index (κ2) is 7.07. The number of benzene rings is 1. The zero-order valence-corrected chi connectivity index (χ0v) is 17.1. The molecule has 2 heterocycles. The van der Waals surface area contributed by atoms with Crippen molar-refractivity contribution in [3.05, 3.63) is 29.8 Å². The molecule has 28 heavy (non-hydrogen) atoms. The van der Waals surface area contributed by atoms with E-state index >= 15 is 0 Å². The minimum Gasteiger partial charge on any atom is -0.497 e. The summed E-state index contributed by atoms with van der Waals surface area (Å²) in [4.78, 5) is 29.4. The van der Waals surface area contributed by atoms with E-state index in [0.29, 0.717) is 13.2 Å². The van der Waals surface area contributed by atoms with Crippen LogP contribution in [0, 0.1) is 11.3 Å². The van der Waals surface area contributed by atoms with Gasteiger partial charge in [-0.25, -0.2) is 0 Å². The Morgan fingerprint density at radius 1 is 1.07 bits per heavy atom. The molecule has 1 saturated carbocycles. The maximum atomic E-state index is 13.5. The van der Waals surface area contributed by atoms with Crippen LogP contribution in [0.2, 0.25) is 0 Å². The van der Waals surface area contributed by atoms with E-state index in [0.717, 1.165) is 50.2 Å². The van der Waals surface area contributed by atoms with E-state index in [1.807, 2.05) is 34.1 Å². The van der Waals surface area contributed by atoms with Crippen molar-refractivity contribution in [1.29, 1.82) is 0 Å². The van der Waals surface area contributed by atoms with Crippen molar-refractivity contribution >= 4 is 11.8 Å². The van der Waals surface area contributed by atoms with Gasteiger partial charge in [-0.3, -0.25) is 9.59 Å². The Bertz CT molecular complexity index is 758. The highest BCUT2D eigenvalue weighted by atomic mass is 16.5. The van der Waals surface area contributed by atoms with E-state index in [2.05, 4.69) is 0 Å². The molecular formula is C22H30N2O4. The van der Waals surface area contributed by atoms with Crippen molar-refractivity contribution in [2.75, 3.05) is 47.0 Å². The fraction of sp³-hybridized carbons (Fsp3) is 0.636. The molecule has 2 saturated heterocycles. The predicted molar refractivity (Wildman–Crippen MR) is 105 cm³/mol. The number of piperidine rings is 1. The number of amides is 2. The van der Waals surface area contributed by atoms with Gasteiger partial charge in [-0.2, -0.15) is 0 Å². The van der Waals surface area contributed by atoms with Crippen LogP contribution < -0.4 is 4.74 Å². The van der Waals surface area contributed by atoms with Gasteiger partial charge in [0.2, 0.25) is 11.8 Å². The van der Waals surface area contributed by atoms with Gasteiger partial charge in [-0.05, 0) is 37.0 Å².